The number of anilines is 1. The van der Waals surface area contributed by atoms with E-state index in [4.69, 9.17) is 5.73 Å². The number of halogens is 1. The Hall–Kier alpha value is -3.02. The third-order valence-corrected chi connectivity index (χ3v) is 3.17. The number of nitrogens with one attached hydrogen (secondary N) is 1. The second kappa shape index (κ2) is 5.77. The van der Waals surface area contributed by atoms with Crippen LogP contribution in [0.5, 0.6) is 0 Å². The lowest BCUT2D eigenvalue weighted by molar-refractivity contribution is 0.628. The zero-order valence-corrected chi connectivity index (χ0v) is 11.9. The predicted octanol–water partition coefficient (Wildman–Crippen LogP) is 2.68. The fourth-order valence-electron chi connectivity index (χ4n) is 2.01. The summed E-state index contributed by atoms with van der Waals surface area (Å²) in [6.07, 6.45) is 0. The van der Waals surface area contributed by atoms with Crippen LogP contribution in [0.1, 0.15) is 11.1 Å². The van der Waals surface area contributed by atoms with Gasteiger partial charge in [0.2, 0.25) is 0 Å². The monoisotopic (exact) mass is 295 g/mol. The molecule has 1 heterocycles. The van der Waals surface area contributed by atoms with E-state index < -0.39 is 0 Å². The van der Waals surface area contributed by atoms with Crippen LogP contribution in [0.25, 0.3) is 0 Å². The van der Waals surface area contributed by atoms with Gasteiger partial charge in [0.15, 0.2) is 11.5 Å². The number of amidine groups is 1. The maximum Gasteiger partial charge on any atom is 0.176 e. The second-order valence-electron chi connectivity index (χ2n) is 4.88. The molecule has 0 saturated heterocycles. The van der Waals surface area contributed by atoms with Crippen molar-refractivity contribution in [1.82, 2.24) is 0 Å². The maximum atomic E-state index is 13.2. The largest absolute Gasteiger partial charge is 0.380 e. The highest BCUT2D eigenvalue weighted by molar-refractivity contribution is 6.72. The van der Waals surface area contributed by atoms with Gasteiger partial charge in [0.1, 0.15) is 11.5 Å². The first-order valence-electron chi connectivity index (χ1n) is 6.71. The quantitative estimate of drug-likeness (QED) is 0.854. The number of hydrogen-bond acceptors (Lipinski definition) is 5. The average molecular weight is 295 g/mol. The number of hydrogen-bond donors (Lipinski definition) is 2. The topological polar surface area (TPSA) is 75.1 Å². The van der Waals surface area contributed by atoms with Gasteiger partial charge in [0.25, 0.3) is 0 Å². The van der Waals surface area contributed by atoms with E-state index in [2.05, 4.69) is 20.7 Å². The van der Waals surface area contributed by atoms with Crippen molar-refractivity contribution in [1.29, 1.82) is 0 Å². The molecule has 22 heavy (non-hydrogen) atoms. The van der Waals surface area contributed by atoms with Crippen LogP contribution in [0, 0.1) is 12.7 Å². The Morgan fingerprint density at radius 2 is 1.86 bits per heavy atom. The number of aryl methyl sites for hydroxylation is 1. The van der Waals surface area contributed by atoms with Crippen molar-refractivity contribution < 1.29 is 4.39 Å². The molecule has 2 aromatic carbocycles. The fourth-order valence-corrected chi connectivity index (χ4v) is 2.01. The molecule has 0 bridgehead atoms. The first-order chi connectivity index (χ1) is 10.6. The molecule has 0 saturated carbocycles. The predicted molar refractivity (Wildman–Crippen MR) is 86.8 cm³/mol. The molecular weight excluding hydrogens is 281 g/mol. The van der Waals surface area contributed by atoms with Gasteiger partial charge in [-0.25, -0.2) is 4.39 Å². The van der Waals surface area contributed by atoms with Gasteiger partial charge < -0.3 is 5.73 Å². The van der Waals surface area contributed by atoms with E-state index in [9.17, 15) is 4.39 Å². The van der Waals surface area contributed by atoms with Gasteiger partial charge >= 0.3 is 0 Å². The van der Waals surface area contributed by atoms with Crippen LogP contribution in [-0.2, 0) is 0 Å². The summed E-state index contributed by atoms with van der Waals surface area (Å²) in [5, 5.41) is 12.1. The summed E-state index contributed by atoms with van der Waals surface area (Å²) < 4.78 is 13.2. The van der Waals surface area contributed by atoms with Crippen molar-refractivity contribution in [2.24, 2.45) is 21.0 Å². The van der Waals surface area contributed by atoms with E-state index in [0.717, 1.165) is 11.1 Å². The van der Waals surface area contributed by atoms with E-state index in [-0.39, 0.29) is 11.7 Å². The molecule has 6 heteroatoms. The molecule has 2 aromatic rings. The SMILES string of the molecule is Cc1ccc(C2=NN=C(N)/C2=N/Nc2cccc(F)c2)cc1. The summed E-state index contributed by atoms with van der Waals surface area (Å²) in [5.74, 6) is -0.120. The molecule has 3 N–H and O–H groups in total. The molecule has 0 radical (unpaired) electrons. The van der Waals surface area contributed by atoms with Crippen LogP contribution in [0.4, 0.5) is 10.1 Å². The number of nitrogens with two attached hydrogens (primary N) is 1. The molecule has 0 amide bonds. The molecule has 0 unspecified atom stereocenters. The first kappa shape index (κ1) is 13.9. The normalized spacial score (nSPS) is 15.6. The third kappa shape index (κ3) is 2.85. The number of hydrazone groups is 1. The van der Waals surface area contributed by atoms with Gasteiger partial charge in [-0.3, -0.25) is 5.43 Å². The lowest BCUT2D eigenvalue weighted by atomic mass is 10.0. The van der Waals surface area contributed by atoms with E-state index in [1.807, 2.05) is 31.2 Å². The molecule has 3 rings (SSSR count). The highest BCUT2D eigenvalue weighted by atomic mass is 19.1. The van der Waals surface area contributed by atoms with Crippen LogP contribution in [-0.4, -0.2) is 17.3 Å². The summed E-state index contributed by atoms with van der Waals surface area (Å²) in [7, 11) is 0. The van der Waals surface area contributed by atoms with Crippen molar-refractivity contribution in [3.05, 3.63) is 65.5 Å². The summed E-state index contributed by atoms with van der Waals surface area (Å²) >= 11 is 0. The van der Waals surface area contributed by atoms with E-state index in [1.54, 1.807) is 12.1 Å². The Bertz CT molecular complexity index is 790. The summed E-state index contributed by atoms with van der Waals surface area (Å²) in [6.45, 7) is 2.01. The van der Waals surface area contributed by atoms with Gasteiger partial charge in [0, 0.05) is 5.56 Å². The minimum absolute atomic E-state index is 0.222. The van der Waals surface area contributed by atoms with Gasteiger partial charge in [0.05, 0.1) is 5.69 Å². The van der Waals surface area contributed by atoms with Gasteiger partial charge in [-0.15, -0.1) is 10.2 Å². The van der Waals surface area contributed by atoms with Gasteiger partial charge in [-0.1, -0.05) is 35.9 Å². The molecule has 0 fully saturated rings. The molecule has 1 aliphatic rings. The van der Waals surface area contributed by atoms with Crippen molar-refractivity contribution in [2.75, 3.05) is 5.43 Å². The minimum atomic E-state index is -0.342. The van der Waals surface area contributed by atoms with E-state index in [0.29, 0.717) is 17.1 Å². The summed E-state index contributed by atoms with van der Waals surface area (Å²) in [4.78, 5) is 0. The van der Waals surface area contributed by atoms with E-state index in [1.165, 1.54) is 12.1 Å². The minimum Gasteiger partial charge on any atom is -0.380 e. The van der Waals surface area contributed by atoms with Gasteiger partial charge in [-0.2, -0.15) is 5.10 Å². The lowest BCUT2D eigenvalue weighted by Gasteiger charge is -2.05. The second-order valence-corrected chi connectivity index (χ2v) is 4.88. The molecular formula is C16H14FN5. The number of benzene rings is 2. The molecule has 0 aliphatic carbocycles. The smallest absolute Gasteiger partial charge is 0.176 e. The number of rotatable bonds is 3. The highest BCUT2D eigenvalue weighted by Crippen LogP contribution is 2.13. The van der Waals surface area contributed by atoms with Crippen molar-refractivity contribution in [3.8, 4) is 0 Å². The van der Waals surface area contributed by atoms with Crippen LogP contribution in [0.2, 0.25) is 0 Å². The third-order valence-electron chi connectivity index (χ3n) is 3.17. The molecule has 0 aromatic heterocycles. The highest BCUT2D eigenvalue weighted by Gasteiger charge is 2.21. The Kier molecular flexibility index (Phi) is 3.65. The molecule has 5 nitrogen and oxygen atoms in total. The Morgan fingerprint density at radius 1 is 1.09 bits per heavy atom. The van der Waals surface area contributed by atoms with Crippen LogP contribution < -0.4 is 11.2 Å². The Labute approximate surface area is 127 Å². The fraction of sp³-hybridized carbons (Fsp3) is 0.0625. The standard InChI is InChI=1S/C16H14FN5/c1-10-5-7-11(8-6-10)14-15(16(18)22-20-14)21-19-13-4-2-3-12(17)9-13/h2-9,19H,1H3,(H2,18,21,22). The summed E-state index contributed by atoms with van der Waals surface area (Å²) in [6, 6.07) is 13.8. The summed E-state index contributed by atoms with van der Waals surface area (Å²) in [5.41, 5.74) is 12.2. The molecule has 1 aliphatic heterocycles. The average Bonchev–Trinajstić information content (AvgIpc) is 2.87. The van der Waals surface area contributed by atoms with Crippen molar-refractivity contribution in [3.63, 3.8) is 0 Å². The lowest BCUT2D eigenvalue weighted by Crippen LogP contribution is -2.28. The van der Waals surface area contributed by atoms with Crippen molar-refractivity contribution >= 4 is 22.9 Å². The molecule has 0 spiro atoms. The van der Waals surface area contributed by atoms with Crippen LogP contribution in [0.3, 0.4) is 0 Å². The molecule has 0 atom stereocenters. The molecule has 110 valence electrons. The first-order valence-corrected chi connectivity index (χ1v) is 6.71. The van der Waals surface area contributed by atoms with Crippen molar-refractivity contribution in [2.45, 2.75) is 6.92 Å². The Morgan fingerprint density at radius 3 is 2.59 bits per heavy atom. The number of nitrogens with zero attached hydrogens (tertiary/aromatic N) is 3. The van der Waals surface area contributed by atoms with Crippen LogP contribution >= 0.6 is 0 Å². The van der Waals surface area contributed by atoms with E-state index >= 15 is 0 Å². The maximum absolute atomic E-state index is 13.2. The van der Waals surface area contributed by atoms with Gasteiger partial charge in [-0.05, 0) is 25.1 Å². The van der Waals surface area contributed by atoms with Crippen LogP contribution in [0.15, 0.2) is 63.8 Å². The Balaban J connectivity index is 1.87. The zero-order chi connectivity index (χ0) is 15.5. The zero-order valence-electron chi connectivity index (χ0n) is 11.9.